The quantitative estimate of drug-likeness (QED) is 0.361. The summed E-state index contributed by atoms with van der Waals surface area (Å²) in [5.74, 6) is -4.25. The van der Waals surface area contributed by atoms with Crippen LogP contribution in [0.25, 0.3) is 0 Å². The first-order valence-corrected chi connectivity index (χ1v) is 5.50. The van der Waals surface area contributed by atoms with Gasteiger partial charge in [0.15, 0.2) is 0 Å². The van der Waals surface area contributed by atoms with Gasteiger partial charge >= 0.3 is 88.7 Å². The molecule has 0 aliphatic rings. The van der Waals surface area contributed by atoms with Crippen LogP contribution in [0.4, 0.5) is 0 Å². The molecule has 9 nitrogen and oxygen atoms in total. The molecule has 0 amide bonds. The molecule has 0 aromatic rings. The minimum absolute atomic E-state index is 0. The molecule has 0 saturated heterocycles. The molecule has 12 heteroatoms. The number of nitrogens with zero attached hydrogens (tertiary/aromatic N) is 2. The number of carbonyl (C=O) groups excluding carboxylic acids is 3. The van der Waals surface area contributed by atoms with Gasteiger partial charge in [0.2, 0.25) is 0 Å². The molecule has 22 heavy (non-hydrogen) atoms. The van der Waals surface area contributed by atoms with Crippen LogP contribution in [-0.4, -0.2) is 78.7 Å². The Kier molecular flexibility index (Phi) is 26.3. The standard InChI is InChI=1S/C10H18N2O7.3Na/c13-4-3-11(5-8(14)15)1-2-12(6-9(16)17)7-10(18)19;;;/h13H,1-7H2,(H,14,15)(H,16,17)(H,18,19);;;/q;3*+1/p-3. The molecule has 1 N–H and O–H groups in total. The van der Waals surface area contributed by atoms with Crippen LogP contribution < -0.4 is 104 Å². The summed E-state index contributed by atoms with van der Waals surface area (Å²) in [6.45, 7) is -1.83. The summed E-state index contributed by atoms with van der Waals surface area (Å²) in [5, 5.41) is 40.0. The Morgan fingerprint density at radius 1 is 0.682 bits per heavy atom. The van der Waals surface area contributed by atoms with E-state index < -0.39 is 37.5 Å². The van der Waals surface area contributed by atoms with E-state index in [0.29, 0.717) is 0 Å². The van der Waals surface area contributed by atoms with Gasteiger partial charge < -0.3 is 34.8 Å². The van der Waals surface area contributed by atoms with E-state index in [1.807, 2.05) is 0 Å². The second-order valence-electron chi connectivity index (χ2n) is 3.83. The molecule has 0 fully saturated rings. The van der Waals surface area contributed by atoms with E-state index in [0.717, 1.165) is 4.90 Å². The van der Waals surface area contributed by atoms with Crippen molar-refractivity contribution in [1.29, 1.82) is 0 Å². The fraction of sp³-hybridized carbons (Fsp3) is 0.700. The number of hydrogen-bond acceptors (Lipinski definition) is 9. The molecular weight excluding hydrogens is 329 g/mol. The van der Waals surface area contributed by atoms with E-state index in [1.54, 1.807) is 0 Å². The van der Waals surface area contributed by atoms with E-state index in [1.165, 1.54) is 4.90 Å². The number of aliphatic hydroxyl groups excluding tert-OH is 1. The minimum Gasteiger partial charge on any atom is -0.549 e. The summed E-state index contributed by atoms with van der Waals surface area (Å²) < 4.78 is 0. The number of rotatable bonds is 11. The summed E-state index contributed by atoms with van der Waals surface area (Å²) in [4.78, 5) is 33.6. The van der Waals surface area contributed by atoms with E-state index >= 15 is 0 Å². The van der Waals surface area contributed by atoms with Crippen molar-refractivity contribution in [3.8, 4) is 0 Å². The maximum atomic E-state index is 10.4. The zero-order valence-electron chi connectivity index (χ0n) is 13.2. The zero-order valence-corrected chi connectivity index (χ0v) is 19.2. The molecule has 0 spiro atoms. The van der Waals surface area contributed by atoms with E-state index in [9.17, 15) is 29.7 Å². The van der Waals surface area contributed by atoms with Crippen molar-refractivity contribution in [3.63, 3.8) is 0 Å². The molecule has 0 radical (unpaired) electrons. The summed E-state index contributed by atoms with van der Waals surface area (Å²) >= 11 is 0. The van der Waals surface area contributed by atoms with Crippen molar-refractivity contribution in [2.45, 2.75) is 0 Å². The average molecular weight is 344 g/mol. The smallest absolute Gasteiger partial charge is 0.549 e. The van der Waals surface area contributed by atoms with Crippen LogP contribution in [-0.2, 0) is 14.4 Å². The number of carbonyl (C=O) groups is 3. The van der Waals surface area contributed by atoms with Crippen LogP contribution >= 0.6 is 0 Å². The van der Waals surface area contributed by atoms with Crippen molar-refractivity contribution in [2.75, 3.05) is 45.9 Å². The van der Waals surface area contributed by atoms with Crippen molar-refractivity contribution < 1.29 is 123 Å². The van der Waals surface area contributed by atoms with E-state index in [-0.39, 0.29) is 115 Å². The number of carboxylic acid groups (broad SMARTS) is 3. The maximum absolute atomic E-state index is 10.4. The predicted octanol–water partition coefficient (Wildman–Crippen LogP) is -15.2. The average Bonchev–Trinajstić information content (AvgIpc) is 2.23. The number of hydrogen-bond donors (Lipinski definition) is 1. The Labute approximate surface area is 194 Å². The van der Waals surface area contributed by atoms with Crippen LogP contribution in [0.3, 0.4) is 0 Å². The molecule has 0 aromatic carbocycles. The van der Waals surface area contributed by atoms with Crippen molar-refractivity contribution >= 4 is 17.9 Å². The van der Waals surface area contributed by atoms with Crippen LogP contribution in [0, 0.1) is 0 Å². The summed E-state index contributed by atoms with van der Waals surface area (Å²) in [6, 6.07) is 0. The fourth-order valence-corrected chi connectivity index (χ4v) is 1.46. The molecule has 0 unspecified atom stereocenters. The van der Waals surface area contributed by atoms with Gasteiger partial charge in [-0.3, -0.25) is 9.80 Å². The maximum Gasteiger partial charge on any atom is 1.00 e. The van der Waals surface area contributed by atoms with Crippen molar-refractivity contribution in [1.82, 2.24) is 9.80 Å². The molecule has 0 atom stereocenters. The predicted molar refractivity (Wildman–Crippen MR) is 55.0 cm³/mol. The van der Waals surface area contributed by atoms with E-state index in [2.05, 4.69) is 0 Å². The number of aliphatic hydroxyl groups is 1. The topological polar surface area (TPSA) is 147 Å². The van der Waals surface area contributed by atoms with Crippen LogP contribution in [0.2, 0.25) is 0 Å². The van der Waals surface area contributed by atoms with Gasteiger partial charge in [-0.2, -0.15) is 0 Å². The van der Waals surface area contributed by atoms with Gasteiger partial charge in [0, 0.05) is 39.3 Å². The van der Waals surface area contributed by atoms with Crippen molar-refractivity contribution in [2.24, 2.45) is 0 Å². The number of carboxylic acids is 3. The van der Waals surface area contributed by atoms with Gasteiger partial charge in [0.1, 0.15) is 0 Å². The first-order valence-electron chi connectivity index (χ1n) is 5.50. The summed E-state index contributed by atoms with van der Waals surface area (Å²) in [6.07, 6.45) is 0. The van der Waals surface area contributed by atoms with Gasteiger partial charge in [-0.05, 0) is 0 Å². The SMILES string of the molecule is O=C([O-])CN(CCO)CCN(CC(=O)[O-])CC(=O)[O-].[Na+].[Na+].[Na+]. The Balaban J connectivity index is -0.000000540. The van der Waals surface area contributed by atoms with E-state index in [4.69, 9.17) is 5.11 Å². The Bertz CT molecular complexity index is 318. The molecule has 0 aliphatic carbocycles. The third-order valence-electron chi connectivity index (χ3n) is 2.21. The Morgan fingerprint density at radius 2 is 1.00 bits per heavy atom. The molecule has 0 bridgehead atoms. The van der Waals surface area contributed by atoms with Gasteiger partial charge in [0.05, 0.1) is 24.5 Å². The van der Waals surface area contributed by atoms with Crippen molar-refractivity contribution in [3.05, 3.63) is 0 Å². The third-order valence-corrected chi connectivity index (χ3v) is 2.21. The zero-order chi connectivity index (χ0) is 14.8. The van der Waals surface area contributed by atoms with Gasteiger partial charge in [-0.25, -0.2) is 0 Å². The first-order chi connectivity index (χ1) is 8.85. The first kappa shape index (κ1) is 31.1. The normalized spacial score (nSPS) is 9.41. The van der Waals surface area contributed by atoms with Gasteiger partial charge in [0.25, 0.3) is 0 Å². The van der Waals surface area contributed by atoms with Gasteiger partial charge in [-0.15, -0.1) is 0 Å². The molecule has 0 saturated carbocycles. The Hall–Kier alpha value is 1.29. The van der Waals surface area contributed by atoms with Gasteiger partial charge in [-0.1, -0.05) is 0 Å². The molecular formula is C10H15N2Na3O7. The summed E-state index contributed by atoms with van der Waals surface area (Å²) in [5.41, 5.74) is 0. The molecule has 0 rings (SSSR count). The molecule has 0 heterocycles. The molecule has 0 aliphatic heterocycles. The third kappa shape index (κ3) is 19.3. The molecule has 0 aromatic heterocycles. The monoisotopic (exact) mass is 344 g/mol. The fourth-order valence-electron chi connectivity index (χ4n) is 1.46. The summed E-state index contributed by atoms with van der Waals surface area (Å²) in [7, 11) is 0. The van der Waals surface area contributed by atoms with Crippen LogP contribution in [0.15, 0.2) is 0 Å². The Morgan fingerprint density at radius 3 is 1.32 bits per heavy atom. The second kappa shape index (κ2) is 18.6. The van der Waals surface area contributed by atoms with Crippen LogP contribution in [0.5, 0.6) is 0 Å². The van der Waals surface area contributed by atoms with Crippen LogP contribution in [0.1, 0.15) is 0 Å². The minimum atomic E-state index is -1.45. The second-order valence-corrected chi connectivity index (χ2v) is 3.83. The number of aliphatic carboxylic acids is 3. The molecule has 110 valence electrons. The largest absolute Gasteiger partial charge is 1.00 e.